The lowest BCUT2D eigenvalue weighted by Crippen LogP contribution is -2.23. The third-order valence-electron chi connectivity index (χ3n) is 3.42. The van der Waals surface area contributed by atoms with Crippen molar-refractivity contribution in [1.29, 1.82) is 0 Å². The quantitative estimate of drug-likeness (QED) is 0.283. The molecule has 0 atom stereocenters. The molecule has 0 saturated carbocycles. The fourth-order valence-electron chi connectivity index (χ4n) is 1.97. The molecule has 2 aromatic carbocycles. The standard InChI is InChI=1S/C17H16N4S.CH4O4S/c1-21-11-12-22-17(21)20-19-16-9-7-15(8-10-16)18-13-14-5-3-2-4-6-14;1-5-6(2,3)4/h2-12H,13H2,1H3;1H3,(H,2,3,4). The number of nitrogens with zero attached hydrogens (tertiary/aromatic N) is 3. The Hall–Kier alpha value is -2.66. The summed E-state index contributed by atoms with van der Waals surface area (Å²) in [6.45, 7) is 0.812. The smallest absolute Gasteiger partial charge is 0.408 e. The molecule has 0 aliphatic carbocycles. The third-order valence-corrected chi connectivity index (χ3v) is 4.67. The van der Waals surface area contributed by atoms with Crippen LogP contribution in [0.1, 0.15) is 5.56 Å². The van der Waals surface area contributed by atoms with Gasteiger partial charge in [0.2, 0.25) is 10.4 Å². The van der Waals surface area contributed by atoms with Crippen LogP contribution in [0.4, 0.5) is 16.5 Å². The Bertz CT molecular complexity index is 988. The number of benzene rings is 2. The van der Waals surface area contributed by atoms with Crippen molar-refractivity contribution in [2.45, 2.75) is 6.54 Å². The van der Waals surface area contributed by atoms with Gasteiger partial charge in [-0.2, -0.15) is 0 Å². The highest BCUT2D eigenvalue weighted by atomic mass is 32.3. The monoisotopic (exact) mass is 420 g/mol. The average molecular weight is 421 g/mol. The molecule has 8 nitrogen and oxygen atoms in total. The van der Waals surface area contributed by atoms with Gasteiger partial charge in [-0.15, -0.1) is 0 Å². The van der Waals surface area contributed by atoms with Gasteiger partial charge < -0.3 is 9.87 Å². The maximum atomic E-state index is 9.22. The number of rotatable bonds is 6. The molecule has 0 amide bonds. The van der Waals surface area contributed by atoms with Crippen molar-refractivity contribution < 1.29 is 21.7 Å². The van der Waals surface area contributed by atoms with E-state index in [1.165, 1.54) is 5.56 Å². The highest BCUT2D eigenvalue weighted by Crippen LogP contribution is 2.20. The molecular weight excluding hydrogens is 400 g/mol. The van der Waals surface area contributed by atoms with E-state index in [-0.39, 0.29) is 0 Å². The van der Waals surface area contributed by atoms with Crippen LogP contribution in [0, 0.1) is 0 Å². The van der Waals surface area contributed by atoms with Gasteiger partial charge in [0, 0.05) is 17.6 Å². The first kappa shape index (κ1) is 21.6. The molecule has 0 spiro atoms. The predicted molar refractivity (Wildman–Crippen MR) is 107 cm³/mol. The Balaban J connectivity index is 0.000000409. The van der Waals surface area contributed by atoms with Crippen molar-refractivity contribution in [3.05, 3.63) is 71.7 Å². The third kappa shape index (κ3) is 7.92. The zero-order valence-corrected chi connectivity index (χ0v) is 17.0. The van der Waals surface area contributed by atoms with Gasteiger partial charge in [-0.1, -0.05) is 30.3 Å². The number of anilines is 1. The summed E-state index contributed by atoms with van der Waals surface area (Å²) in [5.74, 6) is 0. The van der Waals surface area contributed by atoms with Crippen LogP contribution in [-0.2, 0) is 28.2 Å². The Labute approximate surface area is 168 Å². The molecule has 0 bridgehead atoms. The summed E-state index contributed by atoms with van der Waals surface area (Å²) in [5.41, 5.74) is 3.18. The number of azo groups is 1. The lowest BCUT2D eigenvalue weighted by Gasteiger charge is -2.05. The molecule has 28 heavy (non-hydrogen) atoms. The Morgan fingerprint density at radius 2 is 1.75 bits per heavy atom. The summed E-state index contributed by atoms with van der Waals surface area (Å²) in [7, 11) is -1.64. The summed E-state index contributed by atoms with van der Waals surface area (Å²) in [4.78, 5) is 0. The van der Waals surface area contributed by atoms with Crippen LogP contribution in [0.25, 0.3) is 0 Å². The van der Waals surface area contributed by atoms with Crippen LogP contribution in [0.2, 0.25) is 0 Å². The molecule has 1 heterocycles. The fraction of sp³-hybridized carbons (Fsp3) is 0.167. The number of aromatic nitrogens is 1. The van der Waals surface area contributed by atoms with Gasteiger partial charge in [-0.05, 0) is 46.3 Å². The second-order valence-electron chi connectivity index (χ2n) is 5.46. The van der Waals surface area contributed by atoms with E-state index in [1.807, 2.05) is 65.7 Å². The first-order valence-electron chi connectivity index (χ1n) is 8.11. The molecule has 0 fully saturated rings. The van der Waals surface area contributed by atoms with E-state index in [2.05, 4.69) is 31.9 Å². The number of hydrogen-bond acceptors (Lipinski definition) is 8. The molecular formula is C18H20N4O4S2. The summed E-state index contributed by atoms with van der Waals surface area (Å²) in [6.07, 6.45) is 1.97. The minimum Gasteiger partial charge on any atom is -0.726 e. The van der Waals surface area contributed by atoms with Crippen molar-refractivity contribution in [2.24, 2.45) is 17.3 Å². The van der Waals surface area contributed by atoms with Gasteiger partial charge in [-0.25, -0.2) is 13.0 Å². The topological polar surface area (TPSA) is 107 Å². The van der Waals surface area contributed by atoms with E-state index in [4.69, 9.17) is 0 Å². The van der Waals surface area contributed by atoms with Gasteiger partial charge in [0.15, 0.2) is 0 Å². The molecule has 0 aliphatic rings. The number of aryl methyl sites for hydroxylation is 1. The number of hydrogen-bond donors (Lipinski definition) is 1. The highest BCUT2D eigenvalue weighted by Gasteiger charge is 2.06. The highest BCUT2D eigenvalue weighted by molar-refractivity contribution is 7.80. The molecule has 1 aromatic heterocycles. The SMILES string of the molecule is COS(=O)(=O)[O-].C[n+]1ccsc1N=Nc1ccc(NCc2ccccc2)cc1. The van der Waals surface area contributed by atoms with E-state index in [1.54, 1.807) is 11.3 Å². The zero-order chi connectivity index (χ0) is 20.4. The van der Waals surface area contributed by atoms with Crippen LogP contribution < -0.4 is 9.88 Å². The molecule has 10 heteroatoms. The normalized spacial score (nSPS) is 11.1. The molecule has 0 saturated heterocycles. The van der Waals surface area contributed by atoms with Gasteiger partial charge in [0.25, 0.3) is 0 Å². The predicted octanol–water partition coefficient (Wildman–Crippen LogP) is 3.69. The van der Waals surface area contributed by atoms with Crippen LogP contribution >= 0.6 is 11.3 Å². The maximum absolute atomic E-state index is 9.22. The van der Waals surface area contributed by atoms with Gasteiger partial charge >= 0.3 is 5.13 Å². The molecule has 3 aromatic rings. The van der Waals surface area contributed by atoms with Crippen LogP contribution in [0.5, 0.6) is 0 Å². The lowest BCUT2D eigenvalue weighted by atomic mass is 10.2. The largest absolute Gasteiger partial charge is 0.726 e. The van der Waals surface area contributed by atoms with E-state index in [0.29, 0.717) is 0 Å². The molecule has 0 unspecified atom stereocenters. The van der Waals surface area contributed by atoms with Gasteiger partial charge in [0.05, 0.1) is 19.3 Å². The summed E-state index contributed by atoms with van der Waals surface area (Å²) in [6, 6.07) is 18.3. The van der Waals surface area contributed by atoms with Crippen molar-refractivity contribution in [1.82, 2.24) is 0 Å². The minimum atomic E-state index is -4.41. The molecule has 0 aliphatic heterocycles. The van der Waals surface area contributed by atoms with Crippen molar-refractivity contribution in [3.8, 4) is 0 Å². The van der Waals surface area contributed by atoms with E-state index >= 15 is 0 Å². The van der Waals surface area contributed by atoms with E-state index in [9.17, 15) is 13.0 Å². The summed E-state index contributed by atoms with van der Waals surface area (Å²) in [5, 5.41) is 14.8. The second kappa shape index (κ2) is 10.6. The second-order valence-corrected chi connectivity index (χ2v) is 7.48. The van der Waals surface area contributed by atoms with E-state index in [0.717, 1.165) is 30.2 Å². The van der Waals surface area contributed by atoms with Crippen molar-refractivity contribution >= 4 is 38.2 Å². The summed E-state index contributed by atoms with van der Waals surface area (Å²) >= 11 is 1.57. The van der Waals surface area contributed by atoms with Gasteiger partial charge in [0.1, 0.15) is 11.9 Å². The molecule has 148 valence electrons. The minimum absolute atomic E-state index is 0.808. The molecule has 0 radical (unpaired) electrons. The lowest BCUT2D eigenvalue weighted by molar-refractivity contribution is -0.654. The van der Waals surface area contributed by atoms with Crippen LogP contribution in [-0.4, -0.2) is 20.1 Å². The Kier molecular flexibility index (Phi) is 8.20. The van der Waals surface area contributed by atoms with Crippen LogP contribution in [0.15, 0.2) is 76.4 Å². The first-order valence-corrected chi connectivity index (χ1v) is 10.3. The van der Waals surface area contributed by atoms with E-state index < -0.39 is 10.4 Å². The molecule has 1 N–H and O–H groups in total. The Morgan fingerprint density at radius 1 is 1.11 bits per heavy atom. The number of nitrogens with one attached hydrogen (secondary N) is 1. The zero-order valence-electron chi connectivity index (χ0n) is 15.3. The molecule has 3 rings (SSSR count). The van der Waals surface area contributed by atoms with Crippen molar-refractivity contribution in [3.63, 3.8) is 0 Å². The van der Waals surface area contributed by atoms with Gasteiger partial charge in [-0.3, -0.25) is 4.18 Å². The maximum Gasteiger partial charge on any atom is 0.408 e. The van der Waals surface area contributed by atoms with Crippen molar-refractivity contribution in [2.75, 3.05) is 12.4 Å². The van der Waals surface area contributed by atoms with Crippen LogP contribution in [0.3, 0.4) is 0 Å². The number of thiazole rings is 1. The fourth-order valence-corrected chi connectivity index (χ4v) is 2.65. The average Bonchev–Trinajstić information content (AvgIpc) is 3.11. The Morgan fingerprint density at radius 3 is 2.29 bits per heavy atom. The summed E-state index contributed by atoms with van der Waals surface area (Å²) < 4.78 is 33.0. The first-order chi connectivity index (χ1) is 13.4.